The lowest BCUT2D eigenvalue weighted by molar-refractivity contribution is -0.128. The molecule has 0 spiro atoms. The Morgan fingerprint density at radius 2 is 1.67 bits per heavy atom. The Labute approximate surface area is 206 Å². The number of nitrogens with one attached hydrogen (secondary N) is 2. The van der Waals surface area contributed by atoms with Gasteiger partial charge < -0.3 is 15.5 Å². The van der Waals surface area contributed by atoms with Crippen molar-refractivity contribution in [1.29, 1.82) is 0 Å². The lowest BCUT2D eigenvalue weighted by Crippen LogP contribution is -2.50. The summed E-state index contributed by atoms with van der Waals surface area (Å²) in [5.41, 5.74) is 3.49. The molecule has 3 aromatic carbocycles. The van der Waals surface area contributed by atoms with Gasteiger partial charge in [-0.25, -0.2) is 13.2 Å². The van der Waals surface area contributed by atoms with Gasteiger partial charge in [0, 0.05) is 23.9 Å². The first kappa shape index (κ1) is 25.0. The van der Waals surface area contributed by atoms with Gasteiger partial charge in [-0.1, -0.05) is 48.5 Å². The van der Waals surface area contributed by atoms with Gasteiger partial charge in [0.05, 0.1) is 18.7 Å². The monoisotopic (exact) mass is 494 g/mol. The van der Waals surface area contributed by atoms with Crippen molar-refractivity contribution < 1.29 is 22.8 Å². The largest absolute Gasteiger partial charge is 0.370 e. The number of rotatable bonds is 6. The predicted octanol–water partition coefficient (Wildman–Crippen LogP) is 3.58. The molecule has 0 saturated heterocycles. The maximum absolute atomic E-state index is 13.4. The van der Waals surface area contributed by atoms with E-state index in [9.17, 15) is 22.8 Å². The number of halogens is 3. The van der Waals surface area contributed by atoms with E-state index >= 15 is 0 Å². The summed E-state index contributed by atoms with van der Waals surface area (Å²) in [6.07, 6.45) is -1.02. The number of likely N-dealkylation sites (N-methyl/N-ethyl adjacent to an activating group) is 1. The van der Waals surface area contributed by atoms with Gasteiger partial charge in [-0.15, -0.1) is 0 Å². The first-order valence-electron chi connectivity index (χ1n) is 11.4. The molecular weight excluding hydrogens is 469 g/mol. The van der Waals surface area contributed by atoms with Crippen molar-refractivity contribution in [3.8, 4) is 0 Å². The van der Waals surface area contributed by atoms with E-state index in [1.165, 1.54) is 6.92 Å². The van der Waals surface area contributed by atoms with Crippen LogP contribution in [0.4, 0.5) is 18.9 Å². The topological polar surface area (TPSA) is 73.8 Å². The molecule has 4 rings (SSSR count). The van der Waals surface area contributed by atoms with Crippen LogP contribution in [-0.2, 0) is 16.0 Å². The molecule has 1 aliphatic rings. The summed E-state index contributed by atoms with van der Waals surface area (Å²) < 4.78 is 40.0. The molecule has 2 atom stereocenters. The predicted molar refractivity (Wildman–Crippen MR) is 131 cm³/mol. The summed E-state index contributed by atoms with van der Waals surface area (Å²) in [5.74, 6) is -5.47. The van der Waals surface area contributed by atoms with Crippen LogP contribution in [0.2, 0.25) is 0 Å². The number of hydrogen-bond donors (Lipinski definition) is 2. The third-order valence-corrected chi connectivity index (χ3v) is 5.84. The fourth-order valence-corrected chi connectivity index (χ4v) is 4.08. The molecule has 1 unspecified atom stereocenters. The highest BCUT2D eigenvalue weighted by Gasteiger charge is 2.25. The van der Waals surface area contributed by atoms with Gasteiger partial charge in [-0.05, 0) is 30.7 Å². The van der Waals surface area contributed by atoms with Gasteiger partial charge in [0.15, 0.2) is 17.5 Å². The molecule has 0 fully saturated rings. The van der Waals surface area contributed by atoms with E-state index in [2.05, 4.69) is 10.6 Å². The summed E-state index contributed by atoms with van der Waals surface area (Å²) >= 11 is 0. The number of carbonyl (C=O) groups is 2. The maximum Gasteiger partial charge on any atom is 0.243 e. The molecule has 0 radical (unpaired) electrons. The van der Waals surface area contributed by atoms with E-state index in [-0.39, 0.29) is 5.56 Å². The van der Waals surface area contributed by atoms with E-state index in [0.717, 1.165) is 34.7 Å². The Balaban J connectivity index is 1.48. The first-order valence-corrected chi connectivity index (χ1v) is 11.4. The average Bonchev–Trinajstić information content (AvgIpc) is 2.99. The van der Waals surface area contributed by atoms with E-state index < -0.39 is 47.9 Å². The molecule has 9 heteroatoms. The Bertz CT molecular complexity index is 1290. The highest BCUT2D eigenvalue weighted by atomic mass is 19.2. The minimum Gasteiger partial charge on any atom is -0.370 e. The number of aliphatic imine (C=N–C) groups is 1. The van der Waals surface area contributed by atoms with Crippen LogP contribution in [0.5, 0.6) is 0 Å². The molecule has 3 aromatic rings. The van der Waals surface area contributed by atoms with Crippen molar-refractivity contribution >= 4 is 23.2 Å². The van der Waals surface area contributed by atoms with Crippen molar-refractivity contribution in [2.24, 2.45) is 4.99 Å². The highest BCUT2D eigenvalue weighted by Crippen LogP contribution is 2.26. The van der Waals surface area contributed by atoms with Gasteiger partial charge in [-0.3, -0.25) is 14.6 Å². The standard InChI is InChI=1S/C27H25F3N4O2/c1-16(31-24(35)14-17-12-20(28)25(30)21(29)13-17)27(36)33-23-15-34(2)22-11-7-6-10-19(22)26(32-23)18-8-4-3-5-9-18/h3-13,16,23H,14-15H2,1-2H3,(H,31,35)(H,33,36)/t16?,23-/m1/s1. The molecule has 2 amide bonds. The smallest absolute Gasteiger partial charge is 0.243 e. The third kappa shape index (κ3) is 5.56. The van der Waals surface area contributed by atoms with Crippen LogP contribution >= 0.6 is 0 Å². The SMILES string of the molecule is CC(NC(=O)Cc1cc(F)c(F)c(F)c1)C(=O)N[C@@H]1CN(C)c2ccccc2C(c2ccccc2)=N1. The molecule has 0 aliphatic carbocycles. The number of hydrogen-bond acceptors (Lipinski definition) is 4. The van der Waals surface area contributed by atoms with Crippen molar-refractivity contribution in [3.63, 3.8) is 0 Å². The van der Waals surface area contributed by atoms with E-state index in [1.807, 2.05) is 66.5 Å². The Morgan fingerprint density at radius 3 is 2.36 bits per heavy atom. The van der Waals surface area contributed by atoms with Crippen LogP contribution in [0.25, 0.3) is 0 Å². The summed E-state index contributed by atoms with van der Waals surface area (Å²) in [4.78, 5) is 32.1. The van der Waals surface area contributed by atoms with E-state index in [0.29, 0.717) is 6.54 Å². The summed E-state index contributed by atoms with van der Waals surface area (Å²) in [6.45, 7) is 1.89. The number of fused-ring (bicyclic) bond motifs is 1. The molecule has 6 nitrogen and oxygen atoms in total. The lowest BCUT2D eigenvalue weighted by atomic mass is 10.0. The van der Waals surface area contributed by atoms with Crippen LogP contribution in [0.15, 0.2) is 71.7 Å². The Morgan fingerprint density at radius 1 is 1.03 bits per heavy atom. The second-order valence-corrected chi connectivity index (χ2v) is 8.61. The quantitative estimate of drug-likeness (QED) is 0.515. The number of carbonyl (C=O) groups excluding carboxylic acids is 2. The van der Waals surface area contributed by atoms with E-state index in [1.54, 1.807) is 0 Å². The zero-order valence-corrected chi connectivity index (χ0v) is 19.8. The Kier molecular flexibility index (Phi) is 7.38. The molecule has 36 heavy (non-hydrogen) atoms. The van der Waals surface area contributed by atoms with Crippen LogP contribution in [0.1, 0.15) is 23.6 Å². The number of anilines is 1. The average molecular weight is 495 g/mol. The molecule has 1 heterocycles. The number of benzodiazepines with no additional fused rings is 1. The van der Waals surface area contributed by atoms with Crippen molar-refractivity contribution in [1.82, 2.24) is 10.6 Å². The van der Waals surface area contributed by atoms with Crippen LogP contribution in [-0.4, -0.2) is 43.3 Å². The Hall–Kier alpha value is -4.14. The van der Waals surface area contributed by atoms with Gasteiger partial charge in [0.25, 0.3) is 0 Å². The summed E-state index contributed by atoms with van der Waals surface area (Å²) in [6, 6.07) is 18.0. The number of nitrogens with zero attached hydrogens (tertiary/aromatic N) is 2. The molecule has 1 aliphatic heterocycles. The second kappa shape index (κ2) is 10.6. The minimum atomic E-state index is -1.60. The summed E-state index contributed by atoms with van der Waals surface area (Å²) in [7, 11) is 1.91. The molecular formula is C27H25F3N4O2. The number of amides is 2. The van der Waals surface area contributed by atoms with Crippen molar-refractivity contribution in [2.45, 2.75) is 25.6 Å². The summed E-state index contributed by atoms with van der Waals surface area (Å²) in [5, 5.41) is 5.37. The normalized spacial score (nSPS) is 15.9. The number of para-hydroxylation sites is 1. The third-order valence-electron chi connectivity index (χ3n) is 5.84. The fourth-order valence-electron chi connectivity index (χ4n) is 4.08. The van der Waals surface area contributed by atoms with Crippen LogP contribution in [0.3, 0.4) is 0 Å². The lowest BCUT2D eigenvalue weighted by Gasteiger charge is -2.24. The molecule has 0 bridgehead atoms. The van der Waals surface area contributed by atoms with Crippen molar-refractivity contribution in [3.05, 3.63) is 101 Å². The van der Waals surface area contributed by atoms with Gasteiger partial charge in [0.1, 0.15) is 12.2 Å². The van der Waals surface area contributed by atoms with Crippen molar-refractivity contribution in [2.75, 3.05) is 18.5 Å². The fraction of sp³-hybridized carbons (Fsp3) is 0.222. The van der Waals surface area contributed by atoms with Crippen LogP contribution in [0, 0.1) is 17.5 Å². The van der Waals surface area contributed by atoms with Crippen LogP contribution < -0.4 is 15.5 Å². The second-order valence-electron chi connectivity index (χ2n) is 8.61. The van der Waals surface area contributed by atoms with Gasteiger partial charge >= 0.3 is 0 Å². The zero-order chi connectivity index (χ0) is 25.8. The van der Waals surface area contributed by atoms with Gasteiger partial charge in [0.2, 0.25) is 11.8 Å². The number of benzene rings is 3. The first-order chi connectivity index (χ1) is 17.2. The molecule has 186 valence electrons. The molecule has 0 saturated carbocycles. The minimum absolute atomic E-state index is 0.0447. The maximum atomic E-state index is 13.4. The van der Waals surface area contributed by atoms with Gasteiger partial charge in [-0.2, -0.15) is 0 Å². The highest BCUT2D eigenvalue weighted by molar-refractivity contribution is 6.16. The van der Waals surface area contributed by atoms with E-state index in [4.69, 9.17) is 4.99 Å². The molecule has 2 N–H and O–H groups in total. The zero-order valence-electron chi connectivity index (χ0n) is 19.8. The molecule has 0 aromatic heterocycles.